The predicted octanol–water partition coefficient (Wildman–Crippen LogP) is 2.97. The lowest BCUT2D eigenvalue weighted by Gasteiger charge is -2.01. The SMILES string of the molecule is Cc1ccc(-c2csc3ncn(C)c(=O)c23)cc1. The minimum Gasteiger partial charge on any atom is -0.302 e. The molecule has 0 aliphatic carbocycles. The smallest absolute Gasteiger partial charge is 0.262 e. The first kappa shape index (κ1) is 11.2. The van der Waals surface area contributed by atoms with Crippen LogP contribution in [0.1, 0.15) is 5.56 Å². The Kier molecular flexibility index (Phi) is 2.52. The van der Waals surface area contributed by atoms with Crippen molar-refractivity contribution in [2.24, 2.45) is 7.05 Å². The fourth-order valence-corrected chi connectivity index (χ4v) is 2.87. The lowest BCUT2D eigenvalue weighted by atomic mass is 10.1. The van der Waals surface area contributed by atoms with Crippen molar-refractivity contribution < 1.29 is 0 Å². The maximum absolute atomic E-state index is 12.2. The standard InChI is InChI=1S/C14H12N2OS/c1-9-3-5-10(6-4-9)11-7-18-13-12(11)14(17)16(2)8-15-13/h3-8H,1-2H3. The van der Waals surface area contributed by atoms with Crippen LogP contribution < -0.4 is 5.56 Å². The van der Waals surface area contributed by atoms with Crippen LogP contribution in [0.25, 0.3) is 21.3 Å². The van der Waals surface area contributed by atoms with Crippen molar-refractivity contribution in [3.8, 4) is 11.1 Å². The fraction of sp³-hybridized carbons (Fsp3) is 0.143. The van der Waals surface area contributed by atoms with Gasteiger partial charge in [0.05, 0.1) is 11.7 Å². The monoisotopic (exact) mass is 256 g/mol. The summed E-state index contributed by atoms with van der Waals surface area (Å²) in [5.41, 5.74) is 3.27. The molecule has 18 heavy (non-hydrogen) atoms. The van der Waals surface area contributed by atoms with Crippen LogP contribution in [0.4, 0.5) is 0 Å². The highest BCUT2D eigenvalue weighted by molar-refractivity contribution is 7.17. The van der Waals surface area contributed by atoms with Crippen molar-refractivity contribution in [1.29, 1.82) is 0 Å². The molecular weight excluding hydrogens is 244 g/mol. The van der Waals surface area contributed by atoms with E-state index < -0.39 is 0 Å². The Morgan fingerprint density at radius 2 is 1.94 bits per heavy atom. The van der Waals surface area contributed by atoms with Crippen LogP contribution in [0.3, 0.4) is 0 Å². The molecule has 3 rings (SSSR count). The second kappa shape index (κ2) is 4.07. The molecule has 0 spiro atoms. The van der Waals surface area contributed by atoms with Crippen LogP contribution in [0.15, 0.2) is 40.8 Å². The Labute approximate surface area is 108 Å². The van der Waals surface area contributed by atoms with Gasteiger partial charge < -0.3 is 4.57 Å². The highest BCUT2D eigenvalue weighted by atomic mass is 32.1. The molecule has 0 fully saturated rings. The zero-order valence-electron chi connectivity index (χ0n) is 10.2. The fourth-order valence-electron chi connectivity index (χ4n) is 1.96. The quantitative estimate of drug-likeness (QED) is 0.671. The zero-order chi connectivity index (χ0) is 12.7. The van der Waals surface area contributed by atoms with Crippen molar-refractivity contribution in [2.45, 2.75) is 6.92 Å². The topological polar surface area (TPSA) is 34.9 Å². The third-order valence-corrected chi connectivity index (χ3v) is 3.90. The Morgan fingerprint density at radius 3 is 2.67 bits per heavy atom. The van der Waals surface area contributed by atoms with Crippen molar-refractivity contribution in [2.75, 3.05) is 0 Å². The van der Waals surface area contributed by atoms with E-state index >= 15 is 0 Å². The van der Waals surface area contributed by atoms with E-state index in [0.29, 0.717) is 5.39 Å². The molecule has 0 aliphatic heterocycles. The first-order valence-electron chi connectivity index (χ1n) is 5.66. The third-order valence-electron chi connectivity index (χ3n) is 3.02. The molecule has 0 N–H and O–H groups in total. The number of hydrogen-bond donors (Lipinski definition) is 0. The van der Waals surface area contributed by atoms with E-state index in [2.05, 4.69) is 24.0 Å². The van der Waals surface area contributed by atoms with Crippen LogP contribution in [-0.2, 0) is 7.05 Å². The van der Waals surface area contributed by atoms with Gasteiger partial charge in [0.1, 0.15) is 4.83 Å². The van der Waals surface area contributed by atoms with E-state index in [1.165, 1.54) is 21.5 Å². The van der Waals surface area contributed by atoms with E-state index in [1.54, 1.807) is 13.4 Å². The molecule has 2 heterocycles. The van der Waals surface area contributed by atoms with Gasteiger partial charge in [-0.3, -0.25) is 4.79 Å². The van der Waals surface area contributed by atoms with Crippen LogP contribution in [-0.4, -0.2) is 9.55 Å². The van der Waals surface area contributed by atoms with Crippen molar-refractivity contribution in [3.05, 3.63) is 51.9 Å². The minimum atomic E-state index is 0.0109. The molecule has 0 aliphatic rings. The number of fused-ring (bicyclic) bond motifs is 1. The summed E-state index contributed by atoms with van der Waals surface area (Å²) in [6.45, 7) is 2.05. The van der Waals surface area contributed by atoms with E-state index in [9.17, 15) is 4.79 Å². The van der Waals surface area contributed by atoms with Crippen molar-refractivity contribution in [1.82, 2.24) is 9.55 Å². The summed E-state index contributed by atoms with van der Waals surface area (Å²) in [6.07, 6.45) is 1.57. The molecule has 0 amide bonds. The van der Waals surface area contributed by atoms with Gasteiger partial charge in [-0.15, -0.1) is 11.3 Å². The molecule has 3 nitrogen and oxygen atoms in total. The van der Waals surface area contributed by atoms with Gasteiger partial charge in [0.15, 0.2) is 0 Å². The zero-order valence-corrected chi connectivity index (χ0v) is 11.0. The summed E-state index contributed by atoms with van der Waals surface area (Å²) in [7, 11) is 1.73. The van der Waals surface area contributed by atoms with Crippen molar-refractivity contribution >= 4 is 21.6 Å². The molecule has 0 bridgehead atoms. The molecule has 1 aromatic carbocycles. The molecule has 2 aromatic heterocycles. The number of thiophene rings is 1. The molecule has 0 atom stereocenters. The molecule has 0 saturated heterocycles. The predicted molar refractivity (Wildman–Crippen MR) is 75.0 cm³/mol. The van der Waals surface area contributed by atoms with Gasteiger partial charge in [0.25, 0.3) is 5.56 Å². The lowest BCUT2D eigenvalue weighted by molar-refractivity contribution is 0.845. The van der Waals surface area contributed by atoms with E-state index in [0.717, 1.165) is 16.0 Å². The summed E-state index contributed by atoms with van der Waals surface area (Å²) >= 11 is 1.51. The Morgan fingerprint density at radius 1 is 1.22 bits per heavy atom. The summed E-state index contributed by atoms with van der Waals surface area (Å²) < 4.78 is 1.52. The van der Waals surface area contributed by atoms with Gasteiger partial charge in [-0.2, -0.15) is 0 Å². The Bertz CT molecular complexity index is 769. The van der Waals surface area contributed by atoms with E-state index in [1.807, 2.05) is 17.5 Å². The average molecular weight is 256 g/mol. The van der Waals surface area contributed by atoms with Crippen LogP contribution in [0.5, 0.6) is 0 Å². The summed E-state index contributed by atoms with van der Waals surface area (Å²) in [6, 6.07) is 8.20. The van der Waals surface area contributed by atoms with Crippen molar-refractivity contribution in [3.63, 3.8) is 0 Å². The summed E-state index contributed by atoms with van der Waals surface area (Å²) in [5.74, 6) is 0. The number of hydrogen-bond acceptors (Lipinski definition) is 3. The molecule has 4 heteroatoms. The van der Waals surface area contributed by atoms with E-state index in [-0.39, 0.29) is 5.56 Å². The molecule has 90 valence electrons. The molecular formula is C14H12N2OS. The summed E-state index contributed by atoms with van der Waals surface area (Å²) in [4.78, 5) is 17.3. The number of aryl methyl sites for hydroxylation is 2. The largest absolute Gasteiger partial charge is 0.302 e. The number of benzene rings is 1. The number of nitrogens with zero attached hydrogens (tertiary/aromatic N) is 2. The molecule has 0 radical (unpaired) electrons. The average Bonchev–Trinajstić information content (AvgIpc) is 2.79. The number of aromatic nitrogens is 2. The molecule has 0 saturated carbocycles. The maximum Gasteiger partial charge on any atom is 0.262 e. The van der Waals surface area contributed by atoms with Gasteiger partial charge in [-0.25, -0.2) is 4.98 Å². The Hall–Kier alpha value is -1.94. The van der Waals surface area contributed by atoms with Gasteiger partial charge in [-0.05, 0) is 12.5 Å². The number of rotatable bonds is 1. The molecule has 3 aromatic rings. The van der Waals surface area contributed by atoms with Gasteiger partial charge >= 0.3 is 0 Å². The lowest BCUT2D eigenvalue weighted by Crippen LogP contribution is -2.16. The second-order valence-corrected chi connectivity index (χ2v) is 5.21. The van der Waals surface area contributed by atoms with Crippen LogP contribution in [0.2, 0.25) is 0 Å². The van der Waals surface area contributed by atoms with Crippen LogP contribution >= 0.6 is 11.3 Å². The van der Waals surface area contributed by atoms with Gasteiger partial charge in [0.2, 0.25) is 0 Å². The third kappa shape index (κ3) is 1.66. The minimum absolute atomic E-state index is 0.0109. The normalized spacial score (nSPS) is 11.0. The second-order valence-electron chi connectivity index (χ2n) is 4.36. The highest BCUT2D eigenvalue weighted by Gasteiger charge is 2.11. The van der Waals surface area contributed by atoms with Gasteiger partial charge in [0, 0.05) is 18.0 Å². The van der Waals surface area contributed by atoms with Crippen LogP contribution in [0, 0.1) is 6.92 Å². The first-order chi connectivity index (χ1) is 8.66. The first-order valence-corrected chi connectivity index (χ1v) is 6.54. The van der Waals surface area contributed by atoms with E-state index in [4.69, 9.17) is 0 Å². The maximum atomic E-state index is 12.2. The highest BCUT2D eigenvalue weighted by Crippen LogP contribution is 2.30. The van der Waals surface area contributed by atoms with Gasteiger partial charge in [-0.1, -0.05) is 29.8 Å². The molecule has 0 unspecified atom stereocenters. The Balaban J connectivity index is 2.33. The summed E-state index contributed by atoms with van der Waals surface area (Å²) in [5, 5.41) is 2.72.